The number of hydrogen-bond donors (Lipinski definition) is 1. The van der Waals surface area contributed by atoms with Crippen molar-refractivity contribution in [2.45, 2.75) is 13.0 Å². The third-order valence-corrected chi connectivity index (χ3v) is 2.58. The van der Waals surface area contributed by atoms with Crippen LogP contribution in [0.5, 0.6) is 0 Å². The normalized spacial score (nSPS) is 10.4. The number of aryl methyl sites for hydroxylation is 1. The maximum Gasteiger partial charge on any atom is 0.254 e. The lowest BCUT2D eigenvalue weighted by molar-refractivity contribution is 0.0948. The minimum absolute atomic E-state index is 0.279. The van der Waals surface area contributed by atoms with Gasteiger partial charge in [-0.15, -0.1) is 0 Å². The van der Waals surface area contributed by atoms with E-state index >= 15 is 0 Å². The molecule has 0 saturated heterocycles. The van der Waals surface area contributed by atoms with Crippen LogP contribution < -0.4 is 5.32 Å². The molecule has 2 aromatic rings. The van der Waals surface area contributed by atoms with Gasteiger partial charge in [0, 0.05) is 25.5 Å². The topological polar surface area (TPSA) is 46.9 Å². The van der Waals surface area contributed by atoms with Crippen LogP contribution in [0.4, 0.5) is 8.78 Å². The second kappa shape index (κ2) is 6.08. The Hall–Kier alpha value is -2.24. The first-order chi connectivity index (χ1) is 9.16. The van der Waals surface area contributed by atoms with Crippen molar-refractivity contribution < 1.29 is 13.6 Å². The summed E-state index contributed by atoms with van der Waals surface area (Å²) in [7, 11) is 0. The molecule has 0 bridgehead atoms. The fraction of sp³-hybridized carbons (Fsp3) is 0.231. The van der Waals surface area contributed by atoms with Gasteiger partial charge in [0.05, 0.1) is 5.56 Å². The minimum atomic E-state index is -0.731. The Bertz CT molecular complexity index is 555. The number of nitrogens with one attached hydrogen (secondary N) is 1. The van der Waals surface area contributed by atoms with Crippen LogP contribution in [-0.2, 0) is 6.54 Å². The predicted octanol–water partition coefficient (Wildman–Crippen LogP) is 1.98. The van der Waals surface area contributed by atoms with Gasteiger partial charge in [-0.3, -0.25) is 9.48 Å². The van der Waals surface area contributed by atoms with Gasteiger partial charge in [0.25, 0.3) is 5.91 Å². The number of carbonyl (C=O) groups is 1. The smallest absolute Gasteiger partial charge is 0.254 e. The van der Waals surface area contributed by atoms with Crippen LogP contribution in [0.3, 0.4) is 0 Å². The van der Waals surface area contributed by atoms with E-state index in [0.29, 0.717) is 19.5 Å². The van der Waals surface area contributed by atoms with Crippen LogP contribution in [-0.4, -0.2) is 22.2 Å². The number of halogens is 2. The Balaban J connectivity index is 1.82. The van der Waals surface area contributed by atoms with Crippen molar-refractivity contribution in [1.29, 1.82) is 0 Å². The highest BCUT2D eigenvalue weighted by Crippen LogP contribution is 2.09. The van der Waals surface area contributed by atoms with Gasteiger partial charge in [0.1, 0.15) is 11.6 Å². The van der Waals surface area contributed by atoms with Crippen molar-refractivity contribution in [3.63, 3.8) is 0 Å². The third-order valence-electron chi connectivity index (χ3n) is 2.58. The van der Waals surface area contributed by atoms with Crippen LogP contribution in [0.25, 0.3) is 0 Å². The van der Waals surface area contributed by atoms with E-state index in [1.54, 1.807) is 16.9 Å². The minimum Gasteiger partial charge on any atom is -0.352 e. The number of hydrogen-bond acceptors (Lipinski definition) is 2. The molecule has 1 aromatic heterocycles. The fourth-order valence-corrected chi connectivity index (χ4v) is 1.64. The lowest BCUT2D eigenvalue weighted by atomic mass is 10.2. The summed E-state index contributed by atoms with van der Waals surface area (Å²) in [6, 6.07) is 4.61. The first-order valence-corrected chi connectivity index (χ1v) is 5.87. The number of carbonyl (C=O) groups excluding carboxylic acids is 1. The summed E-state index contributed by atoms with van der Waals surface area (Å²) in [6.45, 7) is 1.02. The summed E-state index contributed by atoms with van der Waals surface area (Å²) in [5, 5.41) is 6.55. The van der Waals surface area contributed by atoms with Gasteiger partial charge < -0.3 is 5.32 Å². The molecule has 6 heteroatoms. The van der Waals surface area contributed by atoms with E-state index in [4.69, 9.17) is 0 Å². The Morgan fingerprint density at radius 2 is 2.21 bits per heavy atom. The van der Waals surface area contributed by atoms with Gasteiger partial charge in [-0.1, -0.05) is 0 Å². The highest BCUT2D eigenvalue weighted by molar-refractivity contribution is 5.94. The maximum atomic E-state index is 13.3. The zero-order valence-electron chi connectivity index (χ0n) is 10.1. The molecule has 0 aliphatic rings. The quantitative estimate of drug-likeness (QED) is 0.840. The van der Waals surface area contributed by atoms with Crippen LogP contribution >= 0.6 is 0 Å². The molecule has 0 unspecified atom stereocenters. The van der Waals surface area contributed by atoms with E-state index in [9.17, 15) is 13.6 Å². The fourth-order valence-electron chi connectivity index (χ4n) is 1.64. The highest BCUT2D eigenvalue weighted by atomic mass is 19.1. The molecule has 0 fully saturated rings. The largest absolute Gasteiger partial charge is 0.352 e. The molecule has 0 saturated carbocycles. The van der Waals surface area contributed by atoms with Crippen molar-refractivity contribution in [3.8, 4) is 0 Å². The summed E-state index contributed by atoms with van der Waals surface area (Å²) >= 11 is 0. The first-order valence-electron chi connectivity index (χ1n) is 5.87. The number of amides is 1. The molecule has 4 nitrogen and oxygen atoms in total. The van der Waals surface area contributed by atoms with E-state index in [2.05, 4.69) is 10.4 Å². The lowest BCUT2D eigenvalue weighted by Gasteiger charge is -2.06. The van der Waals surface area contributed by atoms with Gasteiger partial charge in [0.2, 0.25) is 0 Å². The zero-order valence-corrected chi connectivity index (χ0v) is 10.1. The van der Waals surface area contributed by atoms with Gasteiger partial charge >= 0.3 is 0 Å². The summed E-state index contributed by atoms with van der Waals surface area (Å²) in [4.78, 5) is 11.6. The van der Waals surface area contributed by atoms with E-state index in [1.807, 2.05) is 6.20 Å². The molecule has 0 atom stereocenters. The molecule has 1 aromatic carbocycles. The molecular formula is C13H13F2N3O. The molecule has 1 N–H and O–H groups in total. The number of nitrogens with zero attached hydrogens (tertiary/aromatic N) is 2. The molecule has 19 heavy (non-hydrogen) atoms. The average Bonchev–Trinajstić information content (AvgIpc) is 2.90. The van der Waals surface area contributed by atoms with Crippen molar-refractivity contribution >= 4 is 5.91 Å². The van der Waals surface area contributed by atoms with Gasteiger partial charge in [0.15, 0.2) is 0 Å². The number of aromatic nitrogens is 2. The maximum absolute atomic E-state index is 13.3. The van der Waals surface area contributed by atoms with Crippen LogP contribution in [0.15, 0.2) is 36.7 Å². The van der Waals surface area contributed by atoms with Gasteiger partial charge in [-0.05, 0) is 30.7 Å². The number of rotatable bonds is 5. The van der Waals surface area contributed by atoms with E-state index in [-0.39, 0.29) is 5.56 Å². The van der Waals surface area contributed by atoms with Crippen LogP contribution in [0, 0.1) is 11.6 Å². The average molecular weight is 265 g/mol. The molecule has 0 aliphatic heterocycles. The van der Waals surface area contributed by atoms with Crippen molar-refractivity contribution in [2.24, 2.45) is 0 Å². The molecule has 0 aliphatic carbocycles. The zero-order chi connectivity index (χ0) is 13.7. The Kier molecular flexibility index (Phi) is 4.22. The SMILES string of the molecule is O=C(NCCCn1cccn1)c1cc(F)ccc1F. The van der Waals surface area contributed by atoms with Crippen molar-refractivity contribution in [2.75, 3.05) is 6.54 Å². The summed E-state index contributed by atoms with van der Waals surface area (Å²) in [5.74, 6) is -1.98. The molecule has 0 spiro atoms. The summed E-state index contributed by atoms with van der Waals surface area (Å²) < 4.78 is 28.0. The number of benzene rings is 1. The molecule has 2 rings (SSSR count). The molecular weight excluding hydrogens is 252 g/mol. The van der Waals surface area contributed by atoms with E-state index in [0.717, 1.165) is 18.2 Å². The highest BCUT2D eigenvalue weighted by Gasteiger charge is 2.11. The second-order valence-corrected chi connectivity index (χ2v) is 4.00. The predicted molar refractivity (Wildman–Crippen MR) is 65.5 cm³/mol. The van der Waals surface area contributed by atoms with Gasteiger partial charge in [-0.25, -0.2) is 8.78 Å². The monoisotopic (exact) mass is 265 g/mol. The molecule has 0 radical (unpaired) electrons. The second-order valence-electron chi connectivity index (χ2n) is 4.00. The van der Waals surface area contributed by atoms with Gasteiger partial charge in [-0.2, -0.15) is 5.10 Å². The molecule has 1 amide bonds. The Morgan fingerprint density at radius 1 is 1.37 bits per heavy atom. The standard InChI is InChI=1S/C13H13F2N3O/c14-10-3-4-12(15)11(9-10)13(19)16-5-1-7-18-8-2-6-17-18/h2-4,6,8-9H,1,5,7H2,(H,16,19). The van der Waals surface area contributed by atoms with Crippen molar-refractivity contribution in [1.82, 2.24) is 15.1 Å². The summed E-state index contributed by atoms with van der Waals surface area (Å²) in [6.07, 6.45) is 4.14. The Morgan fingerprint density at radius 3 is 2.95 bits per heavy atom. The third kappa shape index (κ3) is 3.61. The van der Waals surface area contributed by atoms with Crippen LogP contribution in [0.1, 0.15) is 16.8 Å². The van der Waals surface area contributed by atoms with Crippen molar-refractivity contribution in [3.05, 3.63) is 53.9 Å². The Labute approximate surface area is 109 Å². The molecule has 100 valence electrons. The van der Waals surface area contributed by atoms with Crippen LogP contribution in [0.2, 0.25) is 0 Å². The molecule has 1 heterocycles. The summed E-state index contributed by atoms with van der Waals surface area (Å²) in [5.41, 5.74) is -0.279. The lowest BCUT2D eigenvalue weighted by Crippen LogP contribution is -2.26. The van der Waals surface area contributed by atoms with E-state index in [1.165, 1.54) is 0 Å². The first kappa shape index (κ1) is 13.2. The van der Waals surface area contributed by atoms with E-state index < -0.39 is 17.5 Å².